The van der Waals surface area contributed by atoms with E-state index in [1.807, 2.05) is 48.7 Å². The van der Waals surface area contributed by atoms with Gasteiger partial charge in [0.2, 0.25) is 0 Å². The van der Waals surface area contributed by atoms with E-state index in [2.05, 4.69) is 33.1 Å². The van der Waals surface area contributed by atoms with Crippen LogP contribution in [0.1, 0.15) is 34.0 Å². The van der Waals surface area contributed by atoms with Crippen LogP contribution in [0.25, 0.3) is 5.69 Å². The fourth-order valence-electron chi connectivity index (χ4n) is 5.15. The van der Waals surface area contributed by atoms with Gasteiger partial charge in [0.05, 0.1) is 11.4 Å². The molecule has 0 atom stereocenters. The van der Waals surface area contributed by atoms with Crippen molar-refractivity contribution in [3.8, 4) is 17.2 Å². The van der Waals surface area contributed by atoms with E-state index in [9.17, 15) is 4.79 Å². The molecule has 3 heterocycles. The zero-order valence-electron chi connectivity index (χ0n) is 22.9. The topological polar surface area (TPSA) is 71.9 Å². The van der Waals surface area contributed by atoms with E-state index in [-0.39, 0.29) is 43.1 Å². The molecule has 0 saturated carbocycles. The number of rotatable bonds is 7. The average molecular weight is 633 g/mol. The highest BCUT2D eigenvalue weighted by atomic mass is 35.5. The van der Waals surface area contributed by atoms with Gasteiger partial charge in [-0.2, -0.15) is 0 Å². The molecule has 5 rings (SSSR count). The molecule has 2 aliphatic heterocycles. The lowest BCUT2D eigenvalue weighted by Crippen LogP contribution is -2.47. The van der Waals surface area contributed by atoms with Gasteiger partial charge in [0.25, 0.3) is 5.91 Å². The number of nitrogens with one attached hydrogen (secondary N) is 1. The summed E-state index contributed by atoms with van der Waals surface area (Å²) in [6, 6.07) is 11.9. The number of carbonyl (C=O) groups is 1. The minimum atomic E-state index is -0.141. The minimum Gasteiger partial charge on any atom is -0.486 e. The molecule has 1 N–H and O–H groups in total. The number of piperazine rings is 1. The van der Waals surface area contributed by atoms with E-state index >= 15 is 0 Å². The number of fused-ring (bicyclic) bond motifs is 1. The number of nitrogens with zero attached hydrogens (tertiary/aromatic N) is 4. The number of hydrogen-bond acceptors (Lipinski definition) is 6. The van der Waals surface area contributed by atoms with Gasteiger partial charge in [-0.15, -0.1) is 37.2 Å². The van der Waals surface area contributed by atoms with Gasteiger partial charge >= 0.3 is 0 Å². The summed E-state index contributed by atoms with van der Waals surface area (Å²) < 4.78 is 13.3. The molecule has 3 aromatic rings. The number of imidazole rings is 1. The predicted octanol–water partition coefficient (Wildman–Crippen LogP) is 5.43. The molecular weight excluding hydrogens is 596 g/mol. The van der Waals surface area contributed by atoms with Gasteiger partial charge in [0.15, 0.2) is 11.5 Å². The van der Waals surface area contributed by atoms with E-state index in [0.717, 1.165) is 72.7 Å². The van der Waals surface area contributed by atoms with E-state index in [0.29, 0.717) is 31.2 Å². The summed E-state index contributed by atoms with van der Waals surface area (Å²) in [6.07, 6.45) is 0.892. The van der Waals surface area contributed by atoms with Crippen LogP contribution in [0.3, 0.4) is 0 Å². The van der Waals surface area contributed by atoms with E-state index < -0.39 is 0 Å². The lowest BCUT2D eigenvalue weighted by molar-refractivity contribution is 0.0946. The number of benzene rings is 2. The molecule has 0 unspecified atom stereocenters. The third kappa shape index (κ3) is 7.28. The van der Waals surface area contributed by atoms with Crippen molar-refractivity contribution in [1.82, 2.24) is 19.8 Å². The maximum absolute atomic E-state index is 12.9. The normalized spacial score (nSPS) is 14.4. The second-order valence-electron chi connectivity index (χ2n) is 9.58. The van der Waals surface area contributed by atoms with Crippen LogP contribution >= 0.6 is 48.8 Å². The molecule has 0 radical (unpaired) electrons. The van der Waals surface area contributed by atoms with Crippen molar-refractivity contribution in [2.45, 2.75) is 27.2 Å². The second kappa shape index (κ2) is 15.0. The SMILES string of the molecule is Cc1c(Cl)cccc1N1CCN(CCCNC(=O)c2nc(C)n(-c3ccc4c(c3)OCCO4)c2C)CC1.Cl.Cl.Cl. The summed E-state index contributed by atoms with van der Waals surface area (Å²) in [4.78, 5) is 22.4. The highest BCUT2D eigenvalue weighted by Gasteiger charge is 2.21. The Morgan fingerprint density at radius 2 is 1.68 bits per heavy atom. The van der Waals surface area contributed by atoms with Crippen molar-refractivity contribution in [3.63, 3.8) is 0 Å². The smallest absolute Gasteiger partial charge is 0.271 e. The average Bonchev–Trinajstić information content (AvgIpc) is 3.22. The molecule has 0 bridgehead atoms. The highest BCUT2D eigenvalue weighted by Crippen LogP contribution is 2.33. The Kier molecular flexibility index (Phi) is 12.7. The molecule has 2 aromatic carbocycles. The Bertz CT molecular complexity index is 1300. The molecule has 8 nitrogen and oxygen atoms in total. The third-order valence-corrected chi connectivity index (χ3v) is 7.57. The zero-order chi connectivity index (χ0) is 25.9. The summed E-state index contributed by atoms with van der Waals surface area (Å²) in [6.45, 7) is 12.5. The van der Waals surface area contributed by atoms with Gasteiger partial charge in [-0.3, -0.25) is 9.69 Å². The maximum Gasteiger partial charge on any atom is 0.271 e. The van der Waals surface area contributed by atoms with Crippen molar-refractivity contribution < 1.29 is 14.3 Å². The Hall–Kier alpha value is -2.36. The van der Waals surface area contributed by atoms with Gasteiger partial charge in [-0.1, -0.05) is 17.7 Å². The first kappa shape index (κ1) is 33.8. The van der Waals surface area contributed by atoms with E-state index in [1.165, 1.54) is 5.69 Å². The van der Waals surface area contributed by atoms with Crippen molar-refractivity contribution in [3.05, 3.63) is 64.2 Å². The van der Waals surface area contributed by atoms with E-state index in [4.69, 9.17) is 21.1 Å². The highest BCUT2D eigenvalue weighted by molar-refractivity contribution is 6.31. The fraction of sp³-hybridized carbons (Fsp3) is 0.429. The monoisotopic (exact) mass is 631 g/mol. The van der Waals surface area contributed by atoms with Crippen LogP contribution in [0.5, 0.6) is 11.5 Å². The van der Waals surface area contributed by atoms with Crippen LogP contribution in [0.4, 0.5) is 5.69 Å². The van der Waals surface area contributed by atoms with Gasteiger partial charge in [0, 0.05) is 49.5 Å². The molecule has 2 aliphatic rings. The zero-order valence-corrected chi connectivity index (χ0v) is 26.1. The summed E-state index contributed by atoms with van der Waals surface area (Å²) in [7, 11) is 0. The number of halogens is 4. The van der Waals surface area contributed by atoms with Crippen LogP contribution in [-0.4, -0.2) is 72.8 Å². The molecule has 40 heavy (non-hydrogen) atoms. The molecular formula is C28H37Cl4N5O3. The molecule has 1 aromatic heterocycles. The molecule has 0 aliphatic carbocycles. The maximum atomic E-state index is 12.9. The number of hydrogen-bond donors (Lipinski definition) is 1. The first-order valence-corrected chi connectivity index (χ1v) is 13.3. The first-order valence-electron chi connectivity index (χ1n) is 12.9. The molecule has 1 fully saturated rings. The molecule has 0 spiro atoms. The Morgan fingerprint density at radius 1 is 0.975 bits per heavy atom. The van der Waals surface area contributed by atoms with Crippen molar-refractivity contribution in [2.75, 3.05) is 57.4 Å². The second-order valence-corrected chi connectivity index (χ2v) is 9.99. The summed E-state index contributed by atoms with van der Waals surface area (Å²) >= 11 is 6.31. The molecule has 12 heteroatoms. The van der Waals surface area contributed by atoms with Crippen LogP contribution in [0.2, 0.25) is 5.02 Å². The van der Waals surface area contributed by atoms with Gasteiger partial charge in [0.1, 0.15) is 24.7 Å². The minimum absolute atomic E-state index is 0. The third-order valence-electron chi connectivity index (χ3n) is 7.16. The standard InChI is InChI=1S/C28H34ClN5O3.3ClH/c1-19-23(29)6-4-7-24(19)33-14-12-32(13-15-33)11-5-10-30-28(35)27-20(2)34(21(3)31-27)22-8-9-25-26(18-22)37-17-16-36-25;;;/h4,6-9,18H,5,10-17H2,1-3H3,(H,30,35);3*1H. The number of aromatic nitrogens is 2. The van der Waals surface area contributed by atoms with Crippen LogP contribution in [0, 0.1) is 20.8 Å². The fourth-order valence-corrected chi connectivity index (χ4v) is 5.32. The molecule has 1 amide bonds. The van der Waals surface area contributed by atoms with Crippen molar-refractivity contribution in [2.24, 2.45) is 0 Å². The number of ether oxygens (including phenoxy) is 2. The van der Waals surface area contributed by atoms with Gasteiger partial charge in [-0.05, 0) is 63.6 Å². The van der Waals surface area contributed by atoms with Crippen LogP contribution in [0.15, 0.2) is 36.4 Å². The van der Waals surface area contributed by atoms with Gasteiger partial charge < -0.3 is 24.3 Å². The van der Waals surface area contributed by atoms with Crippen LogP contribution < -0.4 is 19.7 Å². The lowest BCUT2D eigenvalue weighted by Gasteiger charge is -2.37. The number of carbonyl (C=O) groups excluding carboxylic acids is 1. The van der Waals surface area contributed by atoms with Crippen LogP contribution in [-0.2, 0) is 0 Å². The summed E-state index contributed by atoms with van der Waals surface area (Å²) in [5, 5.41) is 3.88. The number of aryl methyl sites for hydroxylation is 1. The quantitative estimate of drug-likeness (QED) is 0.350. The Labute approximate surface area is 259 Å². The van der Waals surface area contributed by atoms with Crippen molar-refractivity contribution in [1.29, 1.82) is 0 Å². The summed E-state index contributed by atoms with van der Waals surface area (Å²) in [5.41, 5.74) is 4.53. The Balaban J connectivity index is 0.00000187. The van der Waals surface area contributed by atoms with Crippen molar-refractivity contribution >= 4 is 60.4 Å². The van der Waals surface area contributed by atoms with Gasteiger partial charge in [-0.25, -0.2) is 4.98 Å². The largest absolute Gasteiger partial charge is 0.486 e. The molecule has 220 valence electrons. The summed E-state index contributed by atoms with van der Waals surface area (Å²) in [5.74, 6) is 2.07. The Morgan fingerprint density at radius 3 is 2.40 bits per heavy atom. The number of anilines is 1. The molecule has 1 saturated heterocycles. The first-order chi connectivity index (χ1) is 17.9. The predicted molar refractivity (Wildman–Crippen MR) is 168 cm³/mol. The number of amides is 1. The lowest BCUT2D eigenvalue weighted by atomic mass is 10.1. The van der Waals surface area contributed by atoms with E-state index in [1.54, 1.807) is 0 Å².